The second-order valence-corrected chi connectivity index (χ2v) is 6.32. The van der Waals surface area contributed by atoms with Crippen LogP contribution in [0.1, 0.15) is 24.5 Å². The number of rotatable bonds is 6. The largest absolute Gasteiger partial charge is 0.352 e. The molecule has 0 unspecified atom stereocenters. The Bertz CT molecular complexity index is 849. The van der Waals surface area contributed by atoms with Gasteiger partial charge in [0.1, 0.15) is 5.82 Å². The van der Waals surface area contributed by atoms with Gasteiger partial charge in [0.15, 0.2) is 0 Å². The minimum Gasteiger partial charge on any atom is -0.352 e. The number of benzene rings is 2. The van der Waals surface area contributed by atoms with Crippen molar-refractivity contribution < 1.29 is 14.0 Å². The zero-order chi connectivity index (χ0) is 19.1. The summed E-state index contributed by atoms with van der Waals surface area (Å²) in [6.07, 6.45) is 1.49. The standard InChI is InChI=1S/C20H20ClFN2O2/c1-13-6-7-18(17(21)10-13)24-19(25)8-9-23-20(26)11-14(2)15-4-3-5-16(22)12-15/h3-7,10-12H,8-9H2,1-2H3,(H,23,26)(H,24,25)/b14-11-. The van der Waals surface area contributed by atoms with E-state index in [1.54, 1.807) is 31.2 Å². The predicted molar refractivity (Wildman–Crippen MR) is 102 cm³/mol. The maximum Gasteiger partial charge on any atom is 0.244 e. The Morgan fingerprint density at radius 3 is 2.65 bits per heavy atom. The Morgan fingerprint density at radius 1 is 1.19 bits per heavy atom. The number of aryl methyl sites for hydroxylation is 1. The first-order valence-corrected chi connectivity index (χ1v) is 8.51. The van der Waals surface area contributed by atoms with Crippen molar-refractivity contribution in [1.82, 2.24) is 5.32 Å². The van der Waals surface area contributed by atoms with Crippen LogP contribution in [0.5, 0.6) is 0 Å². The molecule has 0 saturated heterocycles. The van der Waals surface area contributed by atoms with Crippen molar-refractivity contribution in [2.75, 3.05) is 11.9 Å². The van der Waals surface area contributed by atoms with E-state index in [9.17, 15) is 14.0 Å². The first-order valence-electron chi connectivity index (χ1n) is 8.13. The van der Waals surface area contributed by atoms with Gasteiger partial charge < -0.3 is 10.6 Å². The molecule has 0 aliphatic heterocycles. The molecule has 0 spiro atoms. The van der Waals surface area contributed by atoms with E-state index in [4.69, 9.17) is 11.6 Å². The van der Waals surface area contributed by atoms with Gasteiger partial charge in [0.25, 0.3) is 0 Å². The average Bonchev–Trinajstić information content (AvgIpc) is 2.57. The maximum absolute atomic E-state index is 13.2. The van der Waals surface area contributed by atoms with Crippen LogP contribution < -0.4 is 10.6 Å². The summed E-state index contributed by atoms with van der Waals surface area (Å²) in [6, 6.07) is 11.4. The Kier molecular flexibility index (Phi) is 6.92. The van der Waals surface area contributed by atoms with Gasteiger partial charge in [0.2, 0.25) is 11.8 Å². The van der Waals surface area contributed by atoms with E-state index in [2.05, 4.69) is 10.6 Å². The van der Waals surface area contributed by atoms with Crippen LogP contribution in [0.2, 0.25) is 5.02 Å². The summed E-state index contributed by atoms with van der Waals surface area (Å²) in [5.41, 5.74) is 2.81. The molecule has 2 aromatic carbocycles. The van der Waals surface area contributed by atoms with Gasteiger partial charge >= 0.3 is 0 Å². The van der Waals surface area contributed by atoms with Gasteiger partial charge in [-0.1, -0.05) is 29.8 Å². The van der Waals surface area contributed by atoms with Crippen molar-refractivity contribution in [3.05, 3.63) is 70.5 Å². The molecule has 0 fully saturated rings. The lowest BCUT2D eigenvalue weighted by Crippen LogP contribution is -2.26. The molecule has 2 amide bonds. The van der Waals surface area contributed by atoms with Crippen molar-refractivity contribution in [2.24, 2.45) is 0 Å². The van der Waals surface area contributed by atoms with Crippen LogP contribution in [-0.2, 0) is 9.59 Å². The third-order valence-electron chi connectivity index (χ3n) is 3.68. The number of nitrogens with one attached hydrogen (secondary N) is 2. The lowest BCUT2D eigenvalue weighted by Gasteiger charge is -2.08. The molecule has 6 heteroatoms. The fourth-order valence-corrected chi connectivity index (χ4v) is 2.58. The second-order valence-electron chi connectivity index (χ2n) is 5.91. The summed E-state index contributed by atoms with van der Waals surface area (Å²) < 4.78 is 13.2. The molecule has 0 saturated carbocycles. The van der Waals surface area contributed by atoms with Crippen molar-refractivity contribution in [2.45, 2.75) is 20.3 Å². The van der Waals surface area contributed by atoms with Crippen LogP contribution in [0, 0.1) is 12.7 Å². The zero-order valence-electron chi connectivity index (χ0n) is 14.6. The van der Waals surface area contributed by atoms with Crippen LogP contribution in [0.15, 0.2) is 48.5 Å². The summed E-state index contributed by atoms with van der Waals surface area (Å²) in [4.78, 5) is 23.8. The number of allylic oxidation sites excluding steroid dienone is 1. The molecule has 0 aliphatic carbocycles. The van der Waals surface area contributed by atoms with E-state index in [0.29, 0.717) is 21.8 Å². The smallest absolute Gasteiger partial charge is 0.244 e. The molecule has 2 rings (SSSR count). The van der Waals surface area contributed by atoms with Gasteiger partial charge in [-0.15, -0.1) is 0 Å². The number of hydrogen-bond donors (Lipinski definition) is 2. The lowest BCUT2D eigenvalue weighted by molar-refractivity contribution is -0.117. The molecule has 0 aliphatic rings. The maximum atomic E-state index is 13.2. The lowest BCUT2D eigenvalue weighted by atomic mass is 10.1. The van der Waals surface area contributed by atoms with Crippen LogP contribution in [-0.4, -0.2) is 18.4 Å². The van der Waals surface area contributed by atoms with Crippen molar-refractivity contribution in [1.29, 1.82) is 0 Å². The van der Waals surface area contributed by atoms with Crippen LogP contribution in [0.25, 0.3) is 5.57 Å². The molecule has 0 atom stereocenters. The average molecular weight is 375 g/mol. The molecule has 4 nitrogen and oxygen atoms in total. The van der Waals surface area contributed by atoms with Crippen LogP contribution in [0.3, 0.4) is 0 Å². The Morgan fingerprint density at radius 2 is 1.96 bits per heavy atom. The number of halogens is 2. The minimum absolute atomic E-state index is 0.114. The third-order valence-corrected chi connectivity index (χ3v) is 3.99. The van der Waals surface area contributed by atoms with Gasteiger partial charge in [-0.2, -0.15) is 0 Å². The Balaban J connectivity index is 1.82. The molecule has 2 N–H and O–H groups in total. The highest BCUT2D eigenvalue weighted by Gasteiger charge is 2.07. The first-order chi connectivity index (χ1) is 12.3. The summed E-state index contributed by atoms with van der Waals surface area (Å²) in [6.45, 7) is 3.81. The fraction of sp³-hybridized carbons (Fsp3) is 0.200. The van der Waals surface area contributed by atoms with Crippen LogP contribution in [0.4, 0.5) is 10.1 Å². The van der Waals surface area contributed by atoms with Crippen molar-refractivity contribution >= 4 is 34.7 Å². The van der Waals surface area contributed by atoms with Gasteiger partial charge in [0.05, 0.1) is 10.7 Å². The van der Waals surface area contributed by atoms with Crippen LogP contribution >= 0.6 is 11.6 Å². The highest BCUT2D eigenvalue weighted by molar-refractivity contribution is 6.33. The normalized spacial score (nSPS) is 11.2. The molecule has 2 aromatic rings. The number of carbonyl (C=O) groups excluding carboxylic acids is 2. The van der Waals surface area contributed by atoms with E-state index in [1.807, 2.05) is 13.0 Å². The van der Waals surface area contributed by atoms with E-state index in [-0.39, 0.29) is 30.6 Å². The molecule has 0 aromatic heterocycles. The van der Waals surface area contributed by atoms with Gasteiger partial charge in [-0.05, 0) is 54.8 Å². The summed E-state index contributed by atoms with van der Waals surface area (Å²) >= 11 is 6.07. The number of amides is 2. The van der Waals surface area contributed by atoms with Crippen molar-refractivity contribution in [3.63, 3.8) is 0 Å². The SMILES string of the molecule is C/C(=C/C(=O)NCCC(=O)Nc1ccc(C)cc1Cl)c1cccc(F)c1. The monoisotopic (exact) mass is 374 g/mol. The summed E-state index contributed by atoms with van der Waals surface area (Å²) in [5, 5.41) is 5.81. The second kappa shape index (κ2) is 9.15. The first kappa shape index (κ1) is 19.7. The van der Waals surface area contributed by atoms with Gasteiger partial charge in [-0.3, -0.25) is 9.59 Å². The Hall–Kier alpha value is -2.66. The fourth-order valence-electron chi connectivity index (χ4n) is 2.30. The molecule has 136 valence electrons. The highest BCUT2D eigenvalue weighted by atomic mass is 35.5. The molecule has 0 heterocycles. The highest BCUT2D eigenvalue weighted by Crippen LogP contribution is 2.22. The molecule has 26 heavy (non-hydrogen) atoms. The van der Waals surface area contributed by atoms with E-state index >= 15 is 0 Å². The van der Waals surface area contributed by atoms with Gasteiger partial charge in [-0.25, -0.2) is 4.39 Å². The molecule has 0 radical (unpaired) electrons. The van der Waals surface area contributed by atoms with Gasteiger partial charge in [0, 0.05) is 19.0 Å². The van der Waals surface area contributed by atoms with E-state index in [1.165, 1.54) is 18.2 Å². The topological polar surface area (TPSA) is 58.2 Å². The number of anilines is 1. The van der Waals surface area contributed by atoms with Crippen molar-refractivity contribution in [3.8, 4) is 0 Å². The van der Waals surface area contributed by atoms with E-state index in [0.717, 1.165) is 5.56 Å². The minimum atomic E-state index is -0.359. The predicted octanol–water partition coefficient (Wildman–Crippen LogP) is 4.34. The number of carbonyl (C=O) groups is 2. The van der Waals surface area contributed by atoms with E-state index < -0.39 is 0 Å². The summed E-state index contributed by atoms with van der Waals surface area (Å²) in [5.74, 6) is -0.947. The Labute approximate surface area is 157 Å². The summed E-state index contributed by atoms with van der Waals surface area (Å²) in [7, 11) is 0. The quantitative estimate of drug-likeness (QED) is 0.739. The molecular formula is C20H20ClFN2O2. The number of hydrogen-bond acceptors (Lipinski definition) is 2. The zero-order valence-corrected chi connectivity index (χ0v) is 15.4. The third kappa shape index (κ3) is 6.01. The molecule has 0 bridgehead atoms. The molecular weight excluding hydrogens is 355 g/mol.